The molecule has 0 amide bonds. The monoisotopic (exact) mass is 280 g/mol. The summed E-state index contributed by atoms with van der Waals surface area (Å²) in [4.78, 5) is 0. The molecule has 0 N–H and O–H groups in total. The van der Waals surface area contributed by atoms with Gasteiger partial charge >= 0.3 is 0 Å². The Bertz CT molecular complexity index is 487. The van der Waals surface area contributed by atoms with E-state index in [0.717, 1.165) is 0 Å². The third kappa shape index (κ3) is 5.12. The lowest BCUT2D eigenvalue weighted by Crippen LogP contribution is -2.21. The van der Waals surface area contributed by atoms with Crippen LogP contribution < -0.4 is 0 Å². The van der Waals surface area contributed by atoms with E-state index in [9.17, 15) is 0 Å². The van der Waals surface area contributed by atoms with Crippen molar-refractivity contribution in [3.05, 3.63) is 71.8 Å². The van der Waals surface area contributed by atoms with Crippen LogP contribution in [0.5, 0.6) is 0 Å². The summed E-state index contributed by atoms with van der Waals surface area (Å²) in [5.41, 5.74) is 2.25. The molecular formula is C21H28. The molecule has 21 heavy (non-hydrogen) atoms. The molecule has 0 aromatic heterocycles. The van der Waals surface area contributed by atoms with Gasteiger partial charge in [0.2, 0.25) is 0 Å². The Morgan fingerprint density at radius 2 is 1.00 bits per heavy atom. The van der Waals surface area contributed by atoms with E-state index in [1.165, 1.54) is 11.1 Å². The molecule has 112 valence electrons. The summed E-state index contributed by atoms with van der Waals surface area (Å²) in [7, 11) is 0. The zero-order valence-corrected chi connectivity index (χ0v) is 14.3. The van der Waals surface area contributed by atoms with E-state index in [4.69, 9.17) is 0 Å². The molecular weight excluding hydrogens is 252 g/mol. The van der Waals surface area contributed by atoms with E-state index in [2.05, 4.69) is 67.3 Å². The van der Waals surface area contributed by atoms with Crippen LogP contribution in [0.2, 0.25) is 0 Å². The van der Waals surface area contributed by atoms with Crippen molar-refractivity contribution < 1.29 is 0 Å². The van der Waals surface area contributed by atoms with Crippen LogP contribution in [0.1, 0.15) is 52.7 Å². The minimum atomic E-state index is -0.225. The molecule has 0 aliphatic heterocycles. The molecule has 0 aliphatic rings. The smallest absolute Gasteiger partial charge is 0.0783 e. The normalized spacial score (nSPS) is 9.05. The Morgan fingerprint density at radius 3 is 1.29 bits per heavy atom. The molecule has 2 rings (SSSR count). The zero-order valence-electron chi connectivity index (χ0n) is 14.3. The van der Waals surface area contributed by atoms with Gasteiger partial charge in [0.1, 0.15) is 0 Å². The summed E-state index contributed by atoms with van der Waals surface area (Å²) in [5.74, 6) is 6.40. The second kappa shape index (κ2) is 10.7. The molecule has 0 nitrogen and oxygen atoms in total. The van der Waals surface area contributed by atoms with Gasteiger partial charge in [-0.05, 0) is 25.0 Å². The maximum absolute atomic E-state index is 3.34. The molecule has 0 radical (unpaired) electrons. The first-order valence-electron chi connectivity index (χ1n) is 7.82. The highest BCUT2D eigenvalue weighted by Crippen LogP contribution is 2.30. The van der Waals surface area contributed by atoms with Gasteiger partial charge in [-0.2, -0.15) is 0 Å². The quantitative estimate of drug-likeness (QED) is 0.586. The highest BCUT2D eigenvalue weighted by Gasteiger charge is 2.25. The lowest BCUT2D eigenvalue weighted by molar-refractivity contribution is 0.753. The first-order chi connectivity index (χ1) is 10.3. The first kappa shape index (κ1) is 19.0. The molecule has 0 heteroatoms. The van der Waals surface area contributed by atoms with E-state index in [1.807, 2.05) is 46.8 Å². The average Bonchev–Trinajstić information content (AvgIpc) is 2.60. The number of hydrogen-bond acceptors (Lipinski definition) is 0. The molecule has 0 aliphatic carbocycles. The second-order valence-corrected chi connectivity index (χ2v) is 4.23. The van der Waals surface area contributed by atoms with E-state index in [-0.39, 0.29) is 5.41 Å². The van der Waals surface area contributed by atoms with Crippen LogP contribution in [0.4, 0.5) is 0 Å². The number of benzene rings is 2. The van der Waals surface area contributed by atoms with Crippen LogP contribution in [-0.2, 0) is 5.41 Å². The topological polar surface area (TPSA) is 0 Å². The fourth-order valence-electron chi connectivity index (χ4n) is 2.10. The number of hydrogen-bond donors (Lipinski definition) is 0. The lowest BCUT2D eigenvalue weighted by atomic mass is 9.77. The van der Waals surface area contributed by atoms with Gasteiger partial charge in [-0.25, -0.2) is 0 Å². The maximum Gasteiger partial charge on any atom is 0.0783 e. The SMILES string of the molecule is CC.CC.CC#CC(C)(c1ccccc1)c1ccccc1. The van der Waals surface area contributed by atoms with Gasteiger partial charge in [0.15, 0.2) is 0 Å². The van der Waals surface area contributed by atoms with Gasteiger partial charge < -0.3 is 0 Å². The molecule has 0 saturated carbocycles. The molecule has 0 bridgehead atoms. The van der Waals surface area contributed by atoms with E-state index >= 15 is 0 Å². The van der Waals surface area contributed by atoms with E-state index < -0.39 is 0 Å². The van der Waals surface area contributed by atoms with Crippen molar-refractivity contribution in [2.75, 3.05) is 0 Å². The fraction of sp³-hybridized carbons (Fsp3) is 0.333. The minimum absolute atomic E-state index is 0.225. The number of rotatable bonds is 2. The largest absolute Gasteiger partial charge is 0.105 e. The Labute approximate surface area is 131 Å². The molecule has 0 spiro atoms. The van der Waals surface area contributed by atoms with Crippen LogP contribution in [0.25, 0.3) is 0 Å². The van der Waals surface area contributed by atoms with Gasteiger partial charge in [-0.1, -0.05) is 94.3 Å². The summed E-state index contributed by atoms with van der Waals surface area (Å²) in [6, 6.07) is 20.9. The van der Waals surface area contributed by atoms with Crippen LogP contribution in [0.15, 0.2) is 60.7 Å². The van der Waals surface area contributed by atoms with Crippen molar-refractivity contribution in [2.24, 2.45) is 0 Å². The Hall–Kier alpha value is -2.00. The third-order valence-electron chi connectivity index (χ3n) is 3.08. The second-order valence-electron chi connectivity index (χ2n) is 4.23. The molecule has 0 unspecified atom stereocenters. The Balaban J connectivity index is 0.000000921. The molecule has 2 aromatic rings. The zero-order chi connectivity index (χ0) is 16.1. The van der Waals surface area contributed by atoms with Crippen molar-refractivity contribution in [2.45, 2.75) is 47.0 Å². The predicted molar refractivity (Wildman–Crippen MR) is 95.5 cm³/mol. The fourth-order valence-corrected chi connectivity index (χ4v) is 2.10. The van der Waals surface area contributed by atoms with E-state index in [0.29, 0.717) is 0 Å². The van der Waals surface area contributed by atoms with Crippen molar-refractivity contribution in [1.29, 1.82) is 0 Å². The van der Waals surface area contributed by atoms with Gasteiger partial charge in [0.05, 0.1) is 5.41 Å². The lowest BCUT2D eigenvalue weighted by Gasteiger charge is -2.25. The van der Waals surface area contributed by atoms with Gasteiger partial charge in [0.25, 0.3) is 0 Å². The predicted octanol–water partition coefficient (Wildman–Crippen LogP) is 6.07. The van der Waals surface area contributed by atoms with Crippen LogP contribution >= 0.6 is 0 Å². The van der Waals surface area contributed by atoms with Crippen molar-refractivity contribution >= 4 is 0 Å². The van der Waals surface area contributed by atoms with Crippen LogP contribution in [-0.4, -0.2) is 0 Å². The maximum atomic E-state index is 3.34. The average molecular weight is 280 g/mol. The highest BCUT2D eigenvalue weighted by molar-refractivity contribution is 5.46. The third-order valence-corrected chi connectivity index (χ3v) is 3.08. The summed E-state index contributed by atoms with van der Waals surface area (Å²) < 4.78 is 0. The Morgan fingerprint density at radius 1 is 0.667 bits per heavy atom. The molecule has 0 atom stereocenters. The van der Waals surface area contributed by atoms with Gasteiger partial charge in [0, 0.05) is 0 Å². The van der Waals surface area contributed by atoms with E-state index in [1.54, 1.807) is 0 Å². The standard InChI is InChI=1S/C17H16.2C2H6/c1-3-14-17(2,15-10-6-4-7-11-15)16-12-8-5-9-13-16;2*1-2/h4-13H,1-2H3;2*1-2H3. The highest BCUT2D eigenvalue weighted by atomic mass is 14.3. The summed E-state index contributed by atoms with van der Waals surface area (Å²) in [5, 5.41) is 0. The molecule has 2 aromatic carbocycles. The van der Waals surface area contributed by atoms with Crippen molar-refractivity contribution in [3.8, 4) is 11.8 Å². The minimum Gasteiger partial charge on any atom is -0.105 e. The molecule has 0 heterocycles. The van der Waals surface area contributed by atoms with Crippen LogP contribution in [0.3, 0.4) is 0 Å². The molecule has 0 fully saturated rings. The summed E-state index contributed by atoms with van der Waals surface area (Å²) in [6.45, 7) is 12.1. The summed E-state index contributed by atoms with van der Waals surface area (Å²) in [6.07, 6.45) is 0. The van der Waals surface area contributed by atoms with Crippen LogP contribution in [0, 0.1) is 11.8 Å². The summed E-state index contributed by atoms with van der Waals surface area (Å²) >= 11 is 0. The first-order valence-corrected chi connectivity index (χ1v) is 7.82. The molecule has 0 saturated heterocycles. The van der Waals surface area contributed by atoms with Gasteiger partial charge in [-0.15, -0.1) is 5.92 Å². The van der Waals surface area contributed by atoms with Gasteiger partial charge in [-0.3, -0.25) is 0 Å². The van der Waals surface area contributed by atoms with Crippen molar-refractivity contribution in [1.82, 2.24) is 0 Å². The Kier molecular flexibility index (Phi) is 9.72. The van der Waals surface area contributed by atoms with Crippen molar-refractivity contribution in [3.63, 3.8) is 0 Å².